The molecule has 0 bridgehead atoms. The van der Waals surface area contributed by atoms with Crippen molar-refractivity contribution in [3.8, 4) is 0 Å². The molecule has 3 rings (SSSR count). The number of hydrogen-bond donors (Lipinski definition) is 6. The molecule has 1 amide bonds. The molecule has 0 saturated carbocycles. The van der Waals surface area contributed by atoms with Crippen LogP contribution in [0.4, 0.5) is 11.4 Å². The van der Waals surface area contributed by atoms with Crippen molar-refractivity contribution in [1.82, 2.24) is 0 Å². The van der Waals surface area contributed by atoms with E-state index in [0.717, 1.165) is 0 Å². The molecule has 0 atom stereocenters. The molecule has 0 heterocycles. The van der Waals surface area contributed by atoms with Crippen LogP contribution in [0, 0.1) is 0 Å². The molecule has 0 saturated heterocycles. The zero-order valence-electron chi connectivity index (χ0n) is 14.9. The highest BCUT2D eigenvalue weighted by atomic mass is 16.4. The van der Waals surface area contributed by atoms with Crippen molar-refractivity contribution in [2.24, 2.45) is 0 Å². The summed E-state index contributed by atoms with van der Waals surface area (Å²) in [6.07, 6.45) is 0. The quantitative estimate of drug-likeness (QED) is 0.269. The van der Waals surface area contributed by atoms with Gasteiger partial charge < -0.3 is 31.1 Å². The number of carbonyl (C=O) groups is 1. The highest BCUT2D eigenvalue weighted by Gasteiger charge is 2.12. The van der Waals surface area contributed by atoms with Crippen molar-refractivity contribution in [2.75, 3.05) is 11.1 Å². The predicted molar refractivity (Wildman–Crippen MR) is 111 cm³/mol. The van der Waals surface area contributed by atoms with E-state index < -0.39 is 14.2 Å². The summed E-state index contributed by atoms with van der Waals surface area (Å²) in [5.41, 5.74) is 7.73. The van der Waals surface area contributed by atoms with Gasteiger partial charge in [0.2, 0.25) is 0 Å². The molecular formula is C19H20B2N2O5. The number of anilines is 2. The number of nitrogen functional groups attached to an aromatic ring is 1. The average molecular weight is 378 g/mol. The van der Waals surface area contributed by atoms with Crippen LogP contribution in [0.15, 0.2) is 78.9 Å². The first-order chi connectivity index (χ1) is 13.4. The van der Waals surface area contributed by atoms with E-state index in [1.165, 1.54) is 12.1 Å². The summed E-state index contributed by atoms with van der Waals surface area (Å²) in [4.78, 5) is 11.9. The van der Waals surface area contributed by atoms with Gasteiger partial charge in [-0.3, -0.25) is 4.79 Å². The van der Waals surface area contributed by atoms with E-state index in [1.807, 2.05) is 6.07 Å². The molecule has 0 aliphatic heterocycles. The molecule has 142 valence electrons. The number of amides is 1. The molecule has 0 aromatic heterocycles. The molecule has 0 spiro atoms. The zero-order valence-corrected chi connectivity index (χ0v) is 14.9. The van der Waals surface area contributed by atoms with Crippen LogP contribution in [0.2, 0.25) is 0 Å². The van der Waals surface area contributed by atoms with E-state index in [-0.39, 0.29) is 5.91 Å². The lowest BCUT2D eigenvalue weighted by molar-refractivity contribution is 0.102. The average Bonchev–Trinajstić information content (AvgIpc) is 2.69. The van der Waals surface area contributed by atoms with E-state index in [4.69, 9.17) is 25.8 Å². The van der Waals surface area contributed by atoms with Gasteiger partial charge in [0.25, 0.3) is 5.91 Å². The normalized spacial score (nSPS) is 9.71. The van der Waals surface area contributed by atoms with Gasteiger partial charge in [-0.15, -0.1) is 0 Å². The van der Waals surface area contributed by atoms with Crippen LogP contribution in [-0.2, 0) is 0 Å². The Hall–Kier alpha value is -3.10. The summed E-state index contributed by atoms with van der Waals surface area (Å²) in [7, 11) is -2.97. The molecule has 0 fully saturated rings. The van der Waals surface area contributed by atoms with Crippen LogP contribution in [-0.4, -0.2) is 40.2 Å². The second-order valence-electron chi connectivity index (χ2n) is 5.86. The summed E-state index contributed by atoms with van der Waals surface area (Å²) in [6.45, 7) is 0. The molecule has 0 radical (unpaired) electrons. The molecule has 7 N–H and O–H groups in total. The van der Waals surface area contributed by atoms with Gasteiger partial charge in [-0.25, -0.2) is 0 Å². The second-order valence-corrected chi connectivity index (χ2v) is 5.86. The van der Waals surface area contributed by atoms with E-state index in [0.29, 0.717) is 27.9 Å². The lowest BCUT2D eigenvalue weighted by Crippen LogP contribution is -2.30. The minimum atomic E-state index is -1.54. The van der Waals surface area contributed by atoms with Crippen LogP contribution < -0.4 is 22.0 Å². The van der Waals surface area contributed by atoms with E-state index in [9.17, 15) is 4.79 Å². The minimum absolute atomic E-state index is 0.236. The van der Waals surface area contributed by atoms with Gasteiger partial charge in [-0.1, -0.05) is 42.5 Å². The third-order valence-corrected chi connectivity index (χ3v) is 3.69. The fourth-order valence-corrected chi connectivity index (χ4v) is 2.29. The third-order valence-electron chi connectivity index (χ3n) is 3.69. The maximum absolute atomic E-state index is 11.9. The Labute approximate surface area is 163 Å². The Morgan fingerprint density at radius 3 is 1.86 bits per heavy atom. The summed E-state index contributed by atoms with van der Waals surface area (Å²) >= 11 is 0. The standard InChI is InChI=1S/C13H12BNO3.C6H8BNO2/c16-13(10-5-2-1-3-6-10)15-12-8-4-7-11(9-12)14(17)18;8-6-3-1-2-5(4-6)7(9)10/h1-9,17-18H,(H,15,16);1-4,9-10H,8H2. The lowest BCUT2D eigenvalue weighted by atomic mass is 9.80. The van der Waals surface area contributed by atoms with Gasteiger partial charge >= 0.3 is 14.2 Å². The number of nitrogens with two attached hydrogens (primary N) is 1. The molecule has 3 aromatic carbocycles. The van der Waals surface area contributed by atoms with Gasteiger partial charge in [0.15, 0.2) is 0 Å². The molecular weight excluding hydrogens is 358 g/mol. The fraction of sp³-hybridized carbons (Fsp3) is 0. The Kier molecular flexibility index (Phi) is 7.79. The number of nitrogens with one attached hydrogen (secondary N) is 1. The van der Waals surface area contributed by atoms with Gasteiger partial charge in [0.1, 0.15) is 0 Å². The highest BCUT2D eigenvalue weighted by molar-refractivity contribution is 6.59. The van der Waals surface area contributed by atoms with Crippen molar-refractivity contribution >= 4 is 42.4 Å². The van der Waals surface area contributed by atoms with Crippen molar-refractivity contribution in [1.29, 1.82) is 0 Å². The summed E-state index contributed by atoms with van der Waals surface area (Å²) in [5.74, 6) is -0.236. The smallest absolute Gasteiger partial charge is 0.423 e. The first-order valence-corrected chi connectivity index (χ1v) is 8.41. The van der Waals surface area contributed by atoms with Crippen LogP contribution in [0.1, 0.15) is 10.4 Å². The van der Waals surface area contributed by atoms with Gasteiger partial charge in [-0.05, 0) is 47.3 Å². The zero-order chi connectivity index (χ0) is 20.5. The third kappa shape index (κ3) is 6.57. The molecule has 7 nitrogen and oxygen atoms in total. The molecule has 9 heteroatoms. The summed E-state index contributed by atoms with van der Waals surface area (Å²) in [6, 6.07) is 21.7. The van der Waals surface area contributed by atoms with Crippen LogP contribution >= 0.6 is 0 Å². The summed E-state index contributed by atoms with van der Waals surface area (Å²) < 4.78 is 0. The Balaban J connectivity index is 0.000000237. The van der Waals surface area contributed by atoms with E-state index in [1.54, 1.807) is 60.7 Å². The lowest BCUT2D eigenvalue weighted by Gasteiger charge is -2.07. The number of hydrogen-bond acceptors (Lipinski definition) is 6. The number of benzene rings is 3. The second kappa shape index (κ2) is 10.3. The van der Waals surface area contributed by atoms with Crippen LogP contribution in [0.5, 0.6) is 0 Å². The van der Waals surface area contributed by atoms with Crippen molar-refractivity contribution < 1.29 is 24.9 Å². The SMILES string of the molecule is Nc1cccc(B(O)O)c1.O=C(Nc1cccc(B(O)O)c1)c1ccccc1. The Morgan fingerprint density at radius 1 is 0.750 bits per heavy atom. The minimum Gasteiger partial charge on any atom is -0.423 e. The van der Waals surface area contributed by atoms with Crippen molar-refractivity contribution in [3.05, 3.63) is 84.4 Å². The van der Waals surface area contributed by atoms with Gasteiger partial charge in [-0.2, -0.15) is 0 Å². The van der Waals surface area contributed by atoms with Crippen molar-refractivity contribution in [3.63, 3.8) is 0 Å². The number of carbonyl (C=O) groups excluding carboxylic acids is 1. The maximum atomic E-state index is 11.9. The van der Waals surface area contributed by atoms with Gasteiger partial charge in [0.05, 0.1) is 0 Å². The fourth-order valence-electron chi connectivity index (χ4n) is 2.29. The van der Waals surface area contributed by atoms with Crippen LogP contribution in [0.25, 0.3) is 0 Å². The maximum Gasteiger partial charge on any atom is 0.488 e. The first kappa shape index (κ1) is 21.2. The van der Waals surface area contributed by atoms with Crippen molar-refractivity contribution in [2.45, 2.75) is 0 Å². The Morgan fingerprint density at radius 2 is 1.32 bits per heavy atom. The number of rotatable bonds is 4. The van der Waals surface area contributed by atoms with Gasteiger partial charge in [0, 0.05) is 16.9 Å². The molecule has 0 unspecified atom stereocenters. The summed E-state index contributed by atoms with van der Waals surface area (Å²) in [5, 5.41) is 38.1. The topological polar surface area (TPSA) is 136 Å². The molecule has 0 aliphatic carbocycles. The molecule has 28 heavy (non-hydrogen) atoms. The van der Waals surface area contributed by atoms with E-state index in [2.05, 4.69) is 5.32 Å². The highest BCUT2D eigenvalue weighted by Crippen LogP contribution is 2.07. The van der Waals surface area contributed by atoms with Crippen LogP contribution in [0.3, 0.4) is 0 Å². The monoisotopic (exact) mass is 378 g/mol. The largest absolute Gasteiger partial charge is 0.488 e. The predicted octanol–water partition coefficient (Wildman–Crippen LogP) is -0.433. The Bertz CT molecular complexity index is 908. The molecule has 3 aromatic rings. The first-order valence-electron chi connectivity index (χ1n) is 8.41. The molecule has 0 aliphatic rings. The van der Waals surface area contributed by atoms with E-state index >= 15 is 0 Å².